The molecule has 0 saturated heterocycles. The number of nitrogens with zero attached hydrogens (tertiary/aromatic N) is 1. The number of hydrogen-bond acceptors (Lipinski definition) is 3. The monoisotopic (exact) mass is 461 g/mol. The van der Waals surface area contributed by atoms with Gasteiger partial charge in [0.25, 0.3) is 10.0 Å². The van der Waals surface area contributed by atoms with E-state index in [1.54, 1.807) is 6.07 Å². The summed E-state index contributed by atoms with van der Waals surface area (Å²) in [5.74, 6) is -0.108. The van der Waals surface area contributed by atoms with E-state index in [2.05, 4.69) is 4.74 Å². The van der Waals surface area contributed by atoms with Crippen LogP contribution >= 0.6 is 11.6 Å². The van der Waals surface area contributed by atoms with Crippen molar-refractivity contribution >= 4 is 32.5 Å². The lowest BCUT2D eigenvalue weighted by Crippen LogP contribution is -2.12. The van der Waals surface area contributed by atoms with Crippen molar-refractivity contribution < 1.29 is 21.9 Å². The van der Waals surface area contributed by atoms with Crippen LogP contribution in [0.15, 0.2) is 77.8 Å². The van der Waals surface area contributed by atoms with Crippen molar-refractivity contribution in [1.29, 1.82) is 0 Å². The number of hydrogen-bond donors (Lipinski definition) is 0. The molecule has 0 amide bonds. The van der Waals surface area contributed by atoms with Gasteiger partial charge in [0, 0.05) is 16.6 Å². The predicted molar refractivity (Wildman–Crippen MR) is 117 cm³/mol. The molecule has 1 aromatic heterocycles. The summed E-state index contributed by atoms with van der Waals surface area (Å²) >= 11 is 6.35. The van der Waals surface area contributed by atoms with Crippen LogP contribution in [-0.2, 0) is 16.4 Å². The topological polar surface area (TPSA) is 48.3 Å². The number of rotatable bonds is 6. The molecule has 0 saturated carbocycles. The van der Waals surface area contributed by atoms with Crippen LogP contribution in [0.4, 0.5) is 8.78 Å². The molecular formula is C23H18ClF2NO3S. The number of fused-ring (bicyclic) bond motifs is 1. The SMILES string of the molecule is Cc1ccc(Cc2ccc3ccn(S(=O)(=O)c4ccc(OC(F)F)cc4)c3c2)c(Cl)c1. The Morgan fingerprint density at radius 1 is 1.00 bits per heavy atom. The fraction of sp³-hybridized carbons (Fsp3) is 0.130. The molecule has 4 aromatic rings. The highest BCUT2D eigenvalue weighted by molar-refractivity contribution is 7.90. The number of alkyl halides is 2. The van der Waals surface area contributed by atoms with Crippen LogP contribution in [0.25, 0.3) is 10.9 Å². The van der Waals surface area contributed by atoms with Crippen LogP contribution in [0.3, 0.4) is 0 Å². The molecule has 3 aromatic carbocycles. The minimum Gasteiger partial charge on any atom is -0.435 e. The first-order valence-corrected chi connectivity index (χ1v) is 11.2. The Morgan fingerprint density at radius 3 is 2.42 bits per heavy atom. The molecule has 160 valence electrons. The van der Waals surface area contributed by atoms with Gasteiger partial charge in [-0.05, 0) is 72.5 Å². The summed E-state index contributed by atoms with van der Waals surface area (Å²) < 4.78 is 56.5. The summed E-state index contributed by atoms with van der Waals surface area (Å²) in [4.78, 5) is -0.0291. The molecule has 0 atom stereocenters. The quantitative estimate of drug-likeness (QED) is 0.352. The van der Waals surface area contributed by atoms with Crippen molar-refractivity contribution in [3.05, 3.63) is 94.6 Å². The molecule has 0 radical (unpaired) electrons. The molecule has 0 bridgehead atoms. The summed E-state index contributed by atoms with van der Waals surface area (Å²) in [7, 11) is -3.92. The minimum absolute atomic E-state index is 0.0291. The zero-order valence-electron chi connectivity index (χ0n) is 16.4. The summed E-state index contributed by atoms with van der Waals surface area (Å²) in [6.45, 7) is -1.01. The number of aromatic nitrogens is 1. The second-order valence-corrected chi connectivity index (χ2v) is 9.35. The van der Waals surface area contributed by atoms with Gasteiger partial charge in [0.1, 0.15) is 5.75 Å². The van der Waals surface area contributed by atoms with E-state index in [1.165, 1.54) is 34.4 Å². The molecule has 0 aliphatic carbocycles. The van der Waals surface area contributed by atoms with Crippen LogP contribution in [0.1, 0.15) is 16.7 Å². The van der Waals surface area contributed by atoms with Gasteiger partial charge in [0.2, 0.25) is 0 Å². The highest BCUT2D eigenvalue weighted by atomic mass is 35.5. The maximum absolute atomic E-state index is 13.2. The van der Waals surface area contributed by atoms with Gasteiger partial charge >= 0.3 is 6.61 Å². The van der Waals surface area contributed by atoms with Crippen molar-refractivity contribution in [2.45, 2.75) is 24.9 Å². The van der Waals surface area contributed by atoms with E-state index in [4.69, 9.17) is 11.6 Å². The first kappa shape index (κ1) is 21.3. The Hall–Kier alpha value is -2.90. The number of ether oxygens (including phenoxy) is 1. The second-order valence-electron chi connectivity index (χ2n) is 7.13. The van der Waals surface area contributed by atoms with Crippen molar-refractivity contribution in [3.63, 3.8) is 0 Å². The van der Waals surface area contributed by atoms with E-state index in [1.807, 2.05) is 43.3 Å². The van der Waals surface area contributed by atoms with Crippen LogP contribution in [-0.4, -0.2) is 19.0 Å². The Labute approximate surface area is 183 Å². The average Bonchev–Trinajstić information content (AvgIpc) is 3.14. The third-order valence-electron chi connectivity index (χ3n) is 4.93. The van der Waals surface area contributed by atoms with Gasteiger partial charge < -0.3 is 4.74 Å². The van der Waals surface area contributed by atoms with Crippen molar-refractivity contribution in [1.82, 2.24) is 3.97 Å². The minimum atomic E-state index is -3.92. The molecule has 1 heterocycles. The number of benzene rings is 3. The second kappa shape index (κ2) is 8.32. The normalized spacial score (nSPS) is 11.9. The molecule has 0 spiro atoms. The summed E-state index contributed by atoms with van der Waals surface area (Å²) in [5, 5.41) is 1.43. The Bertz CT molecular complexity index is 1350. The van der Waals surface area contributed by atoms with Gasteiger partial charge in [0.15, 0.2) is 0 Å². The van der Waals surface area contributed by atoms with Gasteiger partial charge in [-0.15, -0.1) is 0 Å². The van der Waals surface area contributed by atoms with Gasteiger partial charge in [-0.1, -0.05) is 35.9 Å². The Morgan fingerprint density at radius 2 is 1.74 bits per heavy atom. The zero-order chi connectivity index (χ0) is 22.2. The molecular weight excluding hydrogens is 444 g/mol. The lowest BCUT2D eigenvalue weighted by atomic mass is 10.0. The van der Waals surface area contributed by atoms with E-state index in [0.717, 1.165) is 22.1 Å². The molecule has 0 aliphatic rings. The lowest BCUT2D eigenvalue weighted by molar-refractivity contribution is -0.0498. The fourth-order valence-electron chi connectivity index (χ4n) is 3.39. The third kappa shape index (κ3) is 4.43. The number of halogens is 3. The van der Waals surface area contributed by atoms with Crippen LogP contribution < -0.4 is 4.74 Å². The predicted octanol–water partition coefficient (Wildman–Crippen LogP) is 6.03. The van der Waals surface area contributed by atoms with Gasteiger partial charge in [-0.2, -0.15) is 8.78 Å². The summed E-state index contributed by atoms with van der Waals surface area (Å²) in [6.07, 6.45) is 2.03. The van der Waals surface area contributed by atoms with Gasteiger partial charge in [-0.25, -0.2) is 12.4 Å². The largest absolute Gasteiger partial charge is 0.435 e. The number of aryl methyl sites for hydroxylation is 1. The first-order valence-electron chi connectivity index (χ1n) is 9.39. The van der Waals surface area contributed by atoms with E-state index in [9.17, 15) is 17.2 Å². The molecule has 4 rings (SSSR count). The average molecular weight is 462 g/mol. The molecule has 31 heavy (non-hydrogen) atoms. The molecule has 0 fully saturated rings. The maximum Gasteiger partial charge on any atom is 0.387 e. The first-order chi connectivity index (χ1) is 14.7. The van der Waals surface area contributed by atoms with Crippen molar-refractivity contribution in [3.8, 4) is 5.75 Å². The molecule has 0 N–H and O–H groups in total. The Kier molecular flexibility index (Phi) is 5.73. The van der Waals surface area contributed by atoms with Crippen molar-refractivity contribution in [2.75, 3.05) is 0 Å². The summed E-state index contributed by atoms with van der Waals surface area (Å²) in [5.41, 5.74) is 3.44. The van der Waals surface area contributed by atoms with Crippen LogP contribution in [0, 0.1) is 6.92 Å². The van der Waals surface area contributed by atoms with Gasteiger partial charge in [0.05, 0.1) is 10.4 Å². The fourth-order valence-corrected chi connectivity index (χ4v) is 5.04. The van der Waals surface area contributed by atoms with E-state index >= 15 is 0 Å². The van der Waals surface area contributed by atoms with E-state index < -0.39 is 16.6 Å². The molecule has 0 unspecified atom stereocenters. The van der Waals surface area contributed by atoms with E-state index in [0.29, 0.717) is 17.0 Å². The highest BCUT2D eigenvalue weighted by Gasteiger charge is 2.19. The Balaban J connectivity index is 1.69. The van der Waals surface area contributed by atoms with Crippen LogP contribution in [0.2, 0.25) is 5.02 Å². The zero-order valence-corrected chi connectivity index (χ0v) is 18.0. The molecule has 0 aliphatic heterocycles. The third-order valence-corrected chi connectivity index (χ3v) is 6.99. The van der Waals surface area contributed by atoms with E-state index in [-0.39, 0.29) is 10.6 Å². The smallest absolute Gasteiger partial charge is 0.387 e. The lowest BCUT2D eigenvalue weighted by Gasteiger charge is -2.10. The molecule has 8 heteroatoms. The van der Waals surface area contributed by atoms with Gasteiger partial charge in [-0.3, -0.25) is 0 Å². The summed E-state index contributed by atoms with van der Waals surface area (Å²) in [6, 6.07) is 18.1. The maximum atomic E-state index is 13.2. The highest BCUT2D eigenvalue weighted by Crippen LogP contribution is 2.27. The standard InChI is InChI=1S/C23H18ClF2NO3S/c1-15-2-4-18(21(24)12-15)13-16-3-5-17-10-11-27(22(17)14-16)31(28,29)20-8-6-19(7-9-20)30-23(25)26/h2-12,14,23H,13H2,1H3. The van der Waals surface area contributed by atoms with Crippen molar-refractivity contribution in [2.24, 2.45) is 0 Å². The van der Waals surface area contributed by atoms with Crippen LogP contribution in [0.5, 0.6) is 5.75 Å². The molecule has 4 nitrogen and oxygen atoms in total.